The van der Waals surface area contributed by atoms with E-state index in [9.17, 15) is 4.79 Å². The molecule has 0 spiro atoms. The number of Topliss-reactive ketones (excluding diaryl/α,β-unsaturated/α-hetero) is 1. The predicted octanol–water partition coefficient (Wildman–Crippen LogP) is -1.13. The number of rotatable bonds is 7. The zero-order valence-electron chi connectivity index (χ0n) is 8.47. The van der Waals surface area contributed by atoms with Crippen LogP contribution in [-0.4, -0.2) is 43.2 Å². The summed E-state index contributed by atoms with van der Waals surface area (Å²) in [6.07, 6.45) is 0.365. The van der Waals surface area contributed by atoms with E-state index in [-0.39, 0.29) is 11.8 Å². The third kappa shape index (κ3) is 3.53. The van der Waals surface area contributed by atoms with Crippen molar-refractivity contribution in [3.63, 3.8) is 0 Å². The molecule has 1 fully saturated rings. The lowest BCUT2D eigenvalue weighted by Gasteiger charge is -2.10. The molecule has 5 nitrogen and oxygen atoms in total. The molecule has 0 amide bonds. The molecule has 0 aromatic heterocycles. The molecule has 0 radical (unpaired) electrons. The molecule has 5 heteroatoms. The Morgan fingerprint density at radius 1 is 1.79 bits per heavy atom. The van der Waals surface area contributed by atoms with E-state index in [1.165, 1.54) is 0 Å². The molecule has 0 aromatic rings. The van der Waals surface area contributed by atoms with Gasteiger partial charge in [-0.2, -0.15) is 0 Å². The van der Waals surface area contributed by atoms with Crippen molar-refractivity contribution in [2.45, 2.75) is 25.4 Å². The number of hydrogen-bond acceptors (Lipinski definition) is 5. The second-order valence-corrected chi connectivity index (χ2v) is 3.56. The molecule has 1 heterocycles. The monoisotopic (exact) mass is 198 g/mol. The number of hydrogen-bond donors (Lipinski definition) is 4. The van der Waals surface area contributed by atoms with E-state index in [1.807, 2.05) is 6.92 Å². The van der Waals surface area contributed by atoms with E-state index in [0.717, 1.165) is 13.1 Å². The van der Waals surface area contributed by atoms with Gasteiger partial charge >= 0.3 is 0 Å². The molecule has 2 atom stereocenters. The highest BCUT2D eigenvalue weighted by atomic mass is 16.1. The Morgan fingerprint density at radius 3 is 2.93 bits per heavy atom. The van der Waals surface area contributed by atoms with Crippen LogP contribution >= 0.6 is 0 Å². The number of ketones is 1. The summed E-state index contributed by atoms with van der Waals surface area (Å²) in [5.41, 5.74) is 6.17. The lowest BCUT2D eigenvalue weighted by Crippen LogP contribution is -2.38. The van der Waals surface area contributed by atoms with E-state index in [4.69, 9.17) is 11.1 Å². The molecule has 2 unspecified atom stereocenters. The Morgan fingerprint density at radius 2 is 2.43 bits per heavy atom. The van der Waals surface area contributed by atoms with Crippen LogP contribution in [0.3, 0.4) is 0 Å². The number of nitrogens with two attached hydrogens (primary N) is 1. The maximum Gasteiger partial charge on any atom is 0.168 e. The molecule has 0 bridgehead atoms. The highest BCUT2D eigenvalue weighted by Crippen LogP contribution is 2.03. The minimum Gasteiger partial charge on any atom is -0.321 e. The van der Waals surface area contributed by atoms with Crippen LogP contribution in [0, 0.1) is 5.41 Å². The number of nitrogens with one attached hydrogen (secondary N) is 3. The fraction of sp³-hybridized carbons (Fsp3) is 0.778. The molecule has 1 rings (SSSR count). The Hall–Kier alpha value is -0.780. The summed E-state index contributed by atoms with van der Waals surface area (Å²) in [5.74, 6) is 0.0336. The summed E-state index contributed by atoms with van der Waals surface area (Å²) in [6, 6.07) is -0.557. The van der Waals surface area contributed by atoms with E-state index >= 15 is 0 Å². The molecule has 0 aromatic carbocycles. The SMILES string of the molecule is CCNCC(=N)CC(N)C(=O)C1CN1. The molecule has 1 aliphatic heterocycles. The van der Waals surface area contributed by atoms with Crippen molar-refractivity contribution in [1.82, 2.24) is 10.6 Å². The molecular formula is C9H18N4O. The van der Waals surface area contributed by atoms with Crippen molar-refractivity contribution in [1.29, 1.82) is 5.41 Å². The third-order valence-electron chi connectivity index (χ3n) is 2.17. The van der Waals surface area contributed by atoms with Gasteiger partial charge in [0.1, 0.15) is 0 Å². The van der Waals surface area contributed by atoms with Gasteiger partial charge in [0, 0.05) is 25.2 Å². The largest absolute Gasteiger partial charge is 0.321 e. The summed E-state index contributed by atoms with van der Waals surface area (Å²) < 4.78 is 0. The topological polar surface area (TPSA) is 101 Å². The van der Waals surface area contributed by atoms with Gasteiger partial charge in [0.05, 0.1) is 12.1 Å². The highest BCUT2D eigenvalue weighted by molar-refractivity contribution is 5.96. The van der Waals surface area contributed by atoms with Crippen LogP contribution in [0.5, 0.6) is 0 Å². The highest BCUT2D eigenvalue weighted by Gasteiger charge is 2.32. The quantitative estimate of drug-likeness (QED) is 0.307. The van der Waals surface area contributed by atoms with Crippen molar-refractivity contribution in [3.05, 3.63) is 0 Å². The molecule has 80 valence electrons. The molecule has 5 N–H and O–H groups in total. The van der Waals surface area contributed by atoms with E-state index in [1.54, 1.807) is 0 Å². The number of carbonyl (C=O) groups is 1. The van der Waals surface area contributed by atoms with Crippen molar-refractivity contribution >= 4 is 11.5 Å². The average molecular weight is 198 g/mol. The van der Waals surface area contributed by atoms with Crippen LogP contribution in [0.1, 0.15) is 13.3 Å². The van der Waals surface area contributed by atoms with Crippen molar-refractivity contribution in [3.8, 4) is 0 Å². The number of carbonyl (C=O) groups excluding carboxylic acids is 1. The van der Waals surface area contributed by atoms with E-state index in [0.29, 0.717) is 18.7 Å². The van der Waals surface area contributed by atoms with Gasteiger partial charge in [-0.15, -0.1) is 0 Å². The van der Waals surface area contributed by atoms with E-state index < -0.39 is 6.04 Å². The van der Waals surface area contributed by atoms with Gasteiger partial charge in [-0.3, -0.25) is 4.79 Å². The first-order valence-corrected chi connectivity index (χ1v) is 4.94. The summed E-state index contributed by atoms with van der Waals surface area (Å²) in [4.78, 5) is 11.4. The second kappa shape index (κ2) is 5.19. The fourth-order valence-corrected chi connectivity index (χ4v) is 1.23. The molecule has 1 saturated heterocycles. The third-order valence-corrected chi connectivity index (χ3v) is 2.17. The van der Waals surface area contributed by atoms with Gasteiger partial charge in [-0.05, 0) is 6.54 Å². The lowest BCUT2D eigenvalue weighted by molar-refractivity contribution is -0.119. The summed E-state index contributed by atoms with van der Waals surface area (Å²) in [5, 5.41) is 13.5. The molecule has 0 saturated carbocycles. The zero-order valence-corrected chi connectivity index (χ0v) is 8.47. The van der Waals surface area contributed by atoms with Gasteiger partial charge in [0.2, 0.25) is 0 Å². The lowest BCUT2D eigenvalue weighted by atomic mass is 10.0. The first kappa shape index (κ1) is 11.3. The van der Waals surface area contributed by atoms with Crippen LogP contribution < -0.4 is 16.4 Å². The second-order valence-electron chi connectivity index (χ2n) is 3.56. The van der Waals surface area contributed by atoms with E-state index in [2.05, 4.69) is 10.6 Å². The first-order valence-electron chi connectivity index (χ1n) is 4.94. The minimum atomic E-state index is -0.513. The maximum atomic E-state index is 11.4. The predicted molar refractivity (Wildman–Crippen MR) is 55.7 cm³/mol. The molecule has 14 heavy (non-hydrogen) atoms. The Balaban J connectivity index is 2.21. The van der Waals surface area contributed by atoms with Crippen LogP contribution in [-0.2, 0) is 4.79 Å². The van der Waals surface area contributed by atoms with Gasteiger partial charge in [0.15, 0.2) is 5.78 Å². The van der Waals surface area contributed by atoms with Crippen LogP contribution in [0.15, 0.2) is 0 Å². The molecule has 1 aliphatic rings. The van der Waals surface area contributed by atoms with Gasteiger partial charge in [-0.25, -0.2) is 0 Å². The minimum absolute atomic E-state index is 0.0336. The van der Waals surface area contributed by atoms with Crippen LogP contribution in [0.4, 0.5) is 0 Å². The van der Waals surface area contributed by atoms with Crippen LogP contribution in [0.2, 0.25) is 0 Å². The zero-order chi connectivity index (χ0) is 10.6. The van der Waals surface area contributed by atoms with Crippen molar-refractivity contribution in [2.75, 3.05) is 19.6 Å². The standard InChI is InChI=1S/C9H18N4O/c1-2-12-4-6(10)3-7(11)9(14)8-5-13-8/h7-8,10,12-13H,2-5,11H2,1H3. The van der Waals surface area contributed by atoms with Gasteiger partial charge in [0.25, 0.3) is 0 Å². The van der Waals surface area contributed by atoms with Crippen molar-refractivity contribution < 1.29 is 4.79 Å². The summed E-state index contributed by atoms with van der Waals surface area (Å²) in [7, 11) is 0. The van der Waals surface area contributed by atoms with Crippen LogP contribution in [0.25, 0.3) is 0 Å². The van der Waals surface area contributed by atoms with Crippen molar-refractivity contribution in [2.24, 2.45) is 5.73 Å². The smallest absolute Gasteiger partial charge is 0.168 e. The average Bonchev–Trinajstić information content (AvgIpc) is 2.96. The maximum absolute atomic E-state index is 11.4. The fourth-order valence-electron chi connectivity index (χ4n) is 1.23. The Labute approximate surface area is 83.9 Å². The normalized spacial score (nSPS) is 21.7. The van der Waals surface area contributed by atoms with Gasteiger partial charge in [-0.1, -0.05) is 6.92 Å². The van der Waals surface area contributed by atoms with Gasteiger partial charge < -0.3 is 21.8 Å². The Bertz CT molecular complexity index is 225. The summed E-state index contributed by atoms with van der Waals surface area (Å²) >= 11 is 0. The molecular weight excluding hydrogens is 180 g/mol. The summed E-state index contributed by atoms with van der Waals surface area (Å²) in [6.45, 7) is 4.07. The Kier molecular flexibility index (Phi) is 4.19. The molecule has 0 aliphatic carbocycles. The first-order chi connectivity index (χ1) is 6.65.